The maximum absolute atomic E-state index is 4.17. The van der Waals surface area contributed by atoms with Gasteiger partial charge in [-0.15, -0.1) is 11.3 Å². The summed E-state index contributed by atoms with van der Waals surface area (Å²) in [5, 5.41) is 13.0. The van der Waals surface area contributed by atoms with Crippen LogP contribution in [0.4, 0.5) is 0 Å². The smallest absolute Gasteiger partial charge is 0.0794 e. The number of rotatable bonds is 6. The molecule has 18 heavy (non-hydrogen) atoms. The van der Waals surface area contributed by atoms with Crippen molar-refractivity contribution in [1.82, 2.24) is 15.5 Å². The van der Waals surface area contributed by atoms with E-state index in [0.29, 0.717) is 0 Å². The van der Waals surface area contributed by atoms with Crippen LogP contribution in [0.5, 0.6) is 0 Å². The lowest BCUT2D eigenvalue weighted by Gasteiger charge is -2.28. The molecule has 0 unspecified atom stereocenters. The van der Waals surface area contributed by atoms with E-state index >= 15 is 0 Å². The second-order valence-corrected chi connectivity index (χ2v) is 5.82. The highest BCUT2D eigenvalue weighted by atomic mass is 32.1. The Labute approximate surface area is 113 Å². The van der Waals surface area contributed by atoms with Crippen molar-refractivity contribution < 1.29 is 0 Å². The molecule has 0 aromatic carbocycles. The van der Waals surface area contributed by atoms with Gasteiger partial charge in [0.1, 0.15) is 0 Å². The molecule has 2 aromatic heterocycles. The normalized spacial score (nSPS) is 11.9. The molecule has 0 bridgehead atoms. The van der Waals surface area contributed by atoms with E-state index in [2.05, 4.69) is 53.8 Å². The van der Waals surface area contributed by atoms with E-state index in [-0.39, 0.29) is 5.54 Å². The standard InChI is InChI=1S/C14H21N3S/c1-4-14(3,5-2)15-9-11-10-16-17-13(11)12-7-6-8-18-12/h6-8,10,15H,4-5,9H2,1-3H3,(H,16,17). The van der Waals surface area contributed by atoms with Gasteiger partial charge in [0.05, 0.1) is 16.8 Å². The van der Waals surface area contributed by atoms with Crippen LogP contribution in [0, 0.1) is 0 Å². The number of hydrogen-bond donors (Lipinski definition) is 2. The molecule has 0 aliphatic heterocycles. The summed E-state index contributed by atoms with van der Waals surface area (Å²) < 4.78 is 0. The average molecular weight is 263 g/mol. The first-order valence-electron chi connectivity index (χ1n) is 6.49. The van der Waals surface area contributed by atoms with Crippen LogP contribution in [0.2, 0.25) is 0 Å². The molecular formula is C14H21N3S. The highest BCUT2D eigenvalue weighted by molar-refractivity contribution is 7.13. The topological polar surface area (TPSA) is 40.7 Å². The van der Waals surface area contributed by atoms with Gasteiger partial charge in [-0.3, -0.25) is 5.10 Å². The molecule has 0 amide bonds. The summed E-state index contributed by atoms with van der Waals surface area (Å²) in [4.78, 5) is 1.25. The van der Waals surface area contributed by atoms with Crippen molar-refractivity contribution in [2.45, 2.75) is 45.7 Å². The molecule has 2 aromatic rings. The molecular weight excluding hydrogens is 242 g/mol. The Morgan fingerprint density at radius 2 is 2.17 bits per heavy atom. The Balaban J connectivity index is 2.09. The second-order valence-electron chi connectivity index (χ2n) is 4.87. The van der Waals surface area contributed by atoms with Crippen LogP contribution in [-0.2, 0) is 6.54 Å². The minimum absolute atomic E-state index is 0.212. The molecule has 0 spiro atoms. The van der Waals surface area contributed by atoms with Crippen molar-refractivity contribution in [1.29, 1.82) is 0 Å². The van der Waals surface area contributed by atoms with Gasteiger partial charge in [0, 0.05) is 17.6 Å². The first-order chi connectivity index (χ1) is 8.68. The molecule has 0 saturated heterocycles. The number of aromatic nitrogens is 2. The zero-order valence-corrected chi connectivity index (χ0v) is 12.1. The van der Waals surface area contributed by atoms with Crippen LogP contribution in [0.1, 0.15) is 39.2 Å². The quantitative estimate of drug-likeness (QED) is 0.832. The Bertz CT molecular complexity index is 469. The lowest BCUT2D eigenvalue weighted by Crippen LogP contribution is -2.40. The molecule has 2 rings (SSSR count). The highest BCUT2D eigenvalue weighted by Crippen LogP contribution is 2.26. The number of aromatic amines is 1. The third-order valence-electron chi connectivity index (χ3n) is 3.75. The molecule has 0 aliphatic carbocycles. The molecule has 2 heterocycles. The zero-order chi connectivity index (χ0) is 13.0. The summed E-state index contributed by atoms with van der Waals surface area (Å²) in [6.45, 7) is 7.60. The van der Waals surface area contributed by atoms with Crippen molar-refractivity contribution in [3.05, 3.63) is 29.3 Å². The van der Waals surface area contributed by atoms with Gasteiger partial charge in [-0.25, -0.2) is 0 Å². The fourth-order valence-electron chi connectivity index (χ4n) is 1.89. The first-order valence-corrected chi connectivity index (χ1v) is 7.37. The molecule has 0 radical (unpaired) electrons. The number of thiophene rings is 1. The maximum atomic E-state index is 4.17. The molecule has 3 nitrogen and oxygen atoms in total. The third kappa shape index (κ3) is 2.82. The lowest BCUT2D eigenvalue weighted by molar-refractivity contribution is 0.329. The number of H-pyrrole nitrogens is 1. The fourth-order valence-corrected chi connectivity index (χ4v) is 2.64. The minimum Gasteiger partial charge on any atom is -0.307 e. The van der Waals surface area contributed by atoms with Crippen LogP contribution in [0.3, 0.4) is 0 Å². The van der Waals surface area contributed by atoms with Gasteiger partial charge in [-0.1, -0.05) is 19.9 Å². The van der Waals surface area contributed by atoms with Crippen molar-refractivity contribution in [3.63, 3.8) is 0 Å². The number of nitrogens with one attached hydrogen (secondary N) is 2. The van der Waals surface area contributed by atoms with E-state index in [0.717, 1.165) is 25.1 Å². The van der Waals surface area contributed by atoms with Crippen LogP contribution >= 0.6 is 11.3 Å². The SMILES string of the molecule is CCC(C)(CC)NCc1cn[nH]c1-c1cccs1. The van der Waals surface area contributed by atoms with Crippen molar-refractivity contribution in [2.24, 2.45) is 0 Å². The molecule has 4 heteroatoms. The lowest BCUT2D eigenvalue weighted by atomic mass is 9.95. The first kappa shape index (κ1) is 13.3. The van der Waals surface area contributed by atoms with Crippen molar-refractivity contribution >= 4 is 11.3 Å². The highest BCUT2D eigenvalue weighted by Gasteiger charge is 2.19. The van der Waals surface area contributed by atoms with Crippen molar-refractivity contribution in [2.75, 3.05) is 0 Å². The van der Waals surface area contributed by atoms with E-state index in [9.17, 15) is 0 Å². The Kier molecular flexibility index (Phi) is 4.19. The summed E-state index contributed by atoms with van der Waals surface area (Å²) in [5.41, 5.74) is 2.60. The Morgan fingerprint density at radius 1 is 1.39 bits per heavy atom. The summed E-state index contributed by atoms with van der Waals surface area (Å²) in [7, 11) is 0. The molecule has 0 atom stereocenters. The Hall–Kier alpha value is -1.13. The van der Waals surface area contributed by atoms with Gasteiger partial charge in [0.15, 0.2) is 0 Å². The zero-order valence-electron chi connectivity index (χ0n) is 11.3. The average Bonchev–Trinajstić information content (AvgIpc) is 3.05. The van der Waals surface area contributed by atoms with Crippen LogP contribution in [0.25, 0.3) is 10.6 Å². The van der Waals surface area contributed by atoms with E-state index in [4.69, 9.17) is 0 Å². The van der Waals surface area contributed by atoms with Gasteiger partial charge < -0.3 is 5.32 Å². The predicted molar refractivity (Wildman–Crippen MR) is 77.7 cm³/mol. The second kappa shape index (κ2) is 5.67. The monoisotopic (exact) mass is 263 g/mol. The minimum atomic E-state index is 0.212. The van der Waals surface area contributed by atoms with Crippen LogP contribution < -0.4 is 5.32 Å². The van der Waals surface area contributed by atoms with E-state index in [1.165, 1.54) is 10.4 Å². The molecule has 0 fully saturated rings. The maximum Gasteiger partial charge on any atom is 0.0794 e. The molecule has 98 valence electrons. The summed E-state index contributed by atoms with van der Waals surface area (Å²) >= 11 is 1.74. The van der Waals surface area contributed by atoms with Crippen LogP contribution in [-0.4, -0.2) is 15.7 Å². The van der Waals surface area contributed by atoms with Gasteiger partial charge in [0.25, 0.3) is 0 Å². The number of hydrogen-bond acceptors (Lipinski definition) is 3. The van der Waals surface area contributed by atoms with Gasteiger partial charge >= 0.3 is 0 Å². The summed E-state index contributed by atoms with van der Waals surface area (Å²) in [6, 6.07) is 4.20. The Morgan fingerprint density at radius 3 is 2.78 bits per heavy atom. The summed E-state index contributed by atoms with van der Waals surface area (Å²) in [6.07, 6.45) is 4.19. The fraction of sp³-hybridized carbons (Fsp3) is 0.500. The van der Waals surface area contributed by atoms with Crippen molar-refractivity contribution in [3.8, 4) is 10.6 Å². The molecule has 0 aliphatic rings. The van der Waals surface area contributed by atoms with Gasteiger partial charge in [-0.2, -0.15) is 5.10 Å². The summed E-state index contributed by atoms with van der Waals surface area (Å²) in [5.74, 6) is 0. The van der Waals surface area contributed by atoms with Crippen LogP contribution in [0.15, 0.2) is 23.7 Å². The van der Waals surface area contributed by atoms with Gasteiger partial charge in [0.2, 0.25) is 0 Å². The third-order valence-corrected chi connectivity index (χ3v) is 4.64. The van der Waals surface area contributed by atoms with Gasteiger partial charge in [-0.05, 0) is 31.2 Å². The largest absolute Gasteiger partial charge is 0.307 e. The van der Waals surface area contributed by atoms with E-state index in [1.807, 2.05) is 6.20 Å². The van der Waals surface area contributed by atoms with E-state index in [1.54, 1.807) is 11.3 Å². The predicted octanol–water partition coefficient (Wildman–Crippen LogP) is 3.81. The van der Waals surface area contributed by atoms with E-state index < -0.39 is 0 Å². The number of nitrogens with zero attached hydrogens (tertiary/aromatic N) is 1. The molecule has 0 saturated carbocycles. The molecule has 2 N–H and O–H groups in total.